The number of furan rings is 1. The normalized spacial score (nSPS) is 19.8. The first-order chi connectivity index (χ1) is 14.1. The molecule has 4 heterocycles. The molecular weight excluding hydrogens is 390 g/mol. The number of carbonyl (C=O) groups excluding carboxylic acids is 1. The molecule has 2 aliphatic heterocycles. The van der Waals surface area contributed by atoms with Gasteiger partial charge in [-0.05, 0) is 35.9 Å². The second-order valence-electron chi connectivity index (χ2n) is 6.85. The highest BCUT2D eigenvalue weighted by Gasteiger charge is 2.36. The predicted molar refractivity (Wildman–Crippen MR) is 109 cm³/mol. The molecule has 1 unspecified atom stereocenters. The Kier molecular flexibility index (Phi) is 4.39. The van der Waals surface area contributed by atoms with Crippen LogP contribution in [0.3, 0.4) is 0 Å². The molecule has 0 radical (unpaired) electrons. The van der Waals surface area contributed by atoms with Crippen LogP contribution in [0.25, 0.3) is 17.3 Å². The molecule has 9 heteroatoms. The maximum Gasteiger partial charge on any atom is 0.242 e. The molecule has 1 fully saturated rings. The third-order valence-electron chi connectivity index (χ3n) is 5.03. The van der Waals surface area contributed by atoms with Crippen molar-refractivity contribution in [2.45, 2.75) is 18.1 Å². The summed E-state index contributed by atoms with van der Waals surface area (Å²) in [6.07, 6.45) is 2.90. The molecular formula is C20H19N5O3S. The molecule has 0 aliphatic carbocycles. The van der Waals surface area contributed by atoms with Crippen molar-refractivity contribution in [3.8, 4) is 23.0 Å². The van der Waals surface area contributed by atoms with Gasteiger partial charge in [-0.3, -0.25) is 14.7 Å². The van der Waals surface area contributed by atoms with Crippen molar-refractivity contribution in [3.05, 3.63) is 48.0 Å². The van der Waals surface area contributed by atoms with Crippen molar-refractivity contribution in [2.75, 3.05) is 20.7 Å². The van der Waals surface area contributed by atoms with E-state index >= 15 is 0 Å². The molecule has 2 aromatic heterocycles. The van der Waals surface area contributed by atoms with Crippen molar-refractivity contribution in [1.29, 1.82) is 0 Å². The van der Waals surface area contributed by atoms with Gasteiger partial charge in [-0.25, -0.2) is 9.67 Å². The molecule has 1 atom stereocenters. The van der Waals surface area contributed by atoms with Crippen molar-refractivity contribution in [3.63, 3.8) is 0 Å². The van der Waals surface area contributed by atoms with E-state index in [1.165, 1.54) is 11.8 Å². The molecule has 3 aromatic rings. The Bertz CT molecular complexity index is 1110. The first-order valence-electron chi connectivity index (χ1n) is 9.31. The highest BCUT2D eigenvalue weighted by atomic mass is 32.2. The fourth-order valence-electron chi connectivity index (χ4n) is 3.56. The second-order valence-corrected chi connectivity index (χ2v) is 8.02. The number of nitrogens with zero attached hydrogens (tertiary/aromatic N) is 5. The minimum Gasteiger partial charge on any atom is -0.493 e. The van der Waals surface area contributed by atoms with Crippen molar-refractivity contribution >= 4 is 22.8 Å². The number of thioether (sulfide) groups is 1. The molecule has 8 nitrogen and oxygen atoms in total. The Labute approximate surface area is 171 Å². The Balaban J connectivity index is 1.54. The summed E-state index contributed by atoms with van der Waals surface area (Å²) in [5, 5.41) is 5.11. The Hall–Kier alpha value is -3.07. The Morgan fingerprint density at radius 1 is 1.34 bits per heavy atom. The average molecular weight is 409 g/mol. The van der Waals surface area contributed by atoms with E-state index in [-0.39, 0.29) is 11.2 Å². The summed E-state index contributed by atoms with van der Waals surface area (Å²) in [4.78, 5) is 23.1. The number of hydrogen-bond donors (Lipinski definition) is 0. The first-order valence-corrected chi connectivity index (χ1v) is 10.2. The zero-order valence-electron chi connectivity index (χ0n) is 16.0. The SMILES string of the molecule is CN=C1SC(Cc2nc(-c3ccco3)nn2-c2ccc3c(c2)CCO3)C(=O)N1C. The van der Waals surface area contributed by atoms with Gasteiger partial charge in [-0.1, -0.05) is 11.8 Å². The maximum absolute atomic E-state index is 12.6. The minimum atomic E-state index is -0.288. The van der Waals surface area contributed by atoms with Gasteiger partial charge < -0.3 is 9.15 Å². The summed E-state index contributed by atoms with van der Waals surface area (Å²) in [5.41, 5.74) is 2.04. The molecule has 0 spiro atoms. The van der Waals surface area contributed by atoms with Crippen molar-refractivity contribution in [2.24, 2.45) is 4.99 Å². The van der Waals surface area contributed by atoms with Crippen LogP contribution in [0.4, 0.5) is 0 Å². The zero-order valence-corrected chi connectivity index (χ0v) is 16.8. The number of aliphatic imine (C=N–C) groups is 1. The van der Waals surface area contributed by atoms with Gasteiger partial charge in [-0.15, -0.1) is 5.10 Å². The van der Waals surface area contributed by atoms with Gasteiger partial charge in [0.1, 0.15) is 11.6 Å². The van der Waals surface area contributed by atoms with Crippen LogP contribution >= 0.6 is 11.8 Å². The van der Waals surface area contributed by atoms with Gasteiger partial charge in [-0.2, -0.15) is 0 Å². The van der Waals surface area contributed by atoms with E-state index in [2.05, 4.69) is 16.2 Å². The van der Waals surface area contributed by atoms with Crippen molar-refractivity contribution < 1.29 is 13.9 Å². The molecule has 2 aliphatic rings. The van der Waals surface area contributed by atoms with E-state index in [4.69, 9.17) is 14.1 Å². The minimum absolute atomic E-state index is 0.0204. The van der Waals surface area contributed by atoms with Crippen LogP contribution in [0.2, 0.25) is 0 Å². The van der Waals surface area contributed by atoms with Gasteiger partial charge in [0, 0.05) is 26.9 Å². The van der Waals surface area contributed by atoms with E-state index in [1.54, 1.807) is 36.0 Å². The van der Waals surface area contributed by atoms with Crippen LogP contribution in [-0.4, -0.2) is 56.7 Å². The third kappa shape index (κ3) is 3.11. The molecule has 1 aromatic carbocycles. The number of hydrogen-bond acceptors (Lipinski definition) is 7. The van der Waals surface area contributed by atoms with Crippen LogP contribution in [0, 0.1) is 0 Å². The van der Waals surface area contributed by atoms with E-state index in [1.807, 2.05) is 18.2 Å². The molecule has 5 rings (SSSR count). The van der Waals surface area contributed by atoms with Gasteiger partial charge in [0.2, 0.25) is 11.7 Å². The van der Waals surface area contributed by atoms with Crippen LogP contribution in [0.5, 0.6) is 5.75 Å². The highest BCUT2D eigenvalue weighted by molar-refractivity contribution is 8.15. The van der Waals surface area contributed by atoms with E-state index in [0.29, 0.717) is 35.6 Å². The summed E-state index contributed by atoms with van der Waals surface area (Å²) in [7, 11) is 3.44. The summed E-state index contributed by atoms with van der Waals surface area (Å²) in [6, 6.07) is 9.62. The number of benzene rings is 1. The summed E-state index contributed by atoms with van der Waals surface area (Å²) in [5.74, 6) is 2.72. The Morgan fingerprint density at radius 3 is 3.00 bits per heavy atom. The molecule has 0 N–H and O–H groups in total. The van der Waals surface area contributed by atoms with Gasteiger partial charge in [0.25, 0.3) is 0 Å². The number of amides is 1. The van der Waals surface area contributed by atoms with E-state index in [9.17, 15) is 4.79 Å². The lowest BCUT2D eigenvalue weighted by Crippen LogP contribution is -2.29. The Morgan fingerprint density at radius 2 is 2.24 bits per heavy atom. The second kappa shape index (κ2) is 7.07. The molecule has 1 saturated heterocycles. The van der Waals surface area contributed by atoms with Crippen LogP contribution in [0.15, 0.2) is 46.0 Å². The fourth-order valence-corrected chi connectivity index (χ4v) is 4.66. The van der Waals surface area contributed by atoms with Gasteiger partial charge in [0.05, 0.1) is 23.8 Å². The maximum atomic E-state index is 12.6. The number of aromatic nitrogens is 3. The number of ether oxygens (including phenoxy) is 1. The van der Waals surface area contributed by atoms with Gasteiger partial charge in [0.15, 0.2) is 10.9 Å². The van der Waals surface area contributed by atoms with Crippen LogP contribution < -0.4 is 4.74 Å². The summed E-state index contributed by atoms with van der Waals surface area (Å²) in [6.45, 7) is 0.694. The smallest absolute Gasteiger partial charge is 0.242 e. The average Bonchev–Trinajstić information content (AvgIpc) is 3.51. The lowest BCUT2D eigenvalue weighted by Gasteiger charge is -2.10. The fraction of sp³-hybridized carbons (Fsp3) is 0.300. The third-order valence-corrected chi connectivity index (χ3v) is 6.35. The molecule has 0 bridgehead atoms. The highest BCUT2D eigenvalue weighted by Crippen LogP contribution is 2.31. The monoisotopic (exact) mass is 409 g/mol. The van der Waals surface area contributed by atoms with Crippen molar-refractivity contribution in [1.82, 2.24) is 19.7 Å². The lowest BCUT2D eigenvalue weighted by atomic mass is 10.1. The standard InChI is InChI=1S/C20H19N5O3S/c1-21-20-24(2)19(26)16(29-20)11-17-22-18(15-4-3-8-27-15)23-25(17)13-5-6-14-12(10-13)7-9-28-14/h3-6,8,10,16H,7,9,11H2,1-2H3. The van der Waals surface area contributed by atoms with E-state index in [0.717, 1.165) is 23.4 Å². The molecule has 1 amide bonds. The molecule has 29 heavy (non-hydrogen) atoms. The number of fused-ring (bicyclic) bond motifs is 1. The number of carbonyl (C=O) groups is 1. The lowest BCUT2D eigenvalue weighted by molar-refractivity contribution is -0.125. The summed E-state index contributed by atoms with van der Waals surface area (Å²) < 4.78 is 12.9. The number of amidine groups is 1. The predicted octanol–water partition coefficient (Wildman–Crippen LogP) is 2.56. The zero-order chi connectivity index (χ0) is 20.0. The summed E-state index contributed by atoms with van der Waals surface area (Å²) >= 11 is 1.45. The largest absolute Gasteiger partial charge is 0.493 e. The topological polar surface area (TPSA) is 85.7 Å². The first kappa shape index (κ1) is 18.0. The van der Waals surface area contributed by atoms with Crippen LogP contribution in [0.1, 0.15) is 11.4 Å². The van der Waals surface area contributed by atoms with Crippen LogP contribution in [-0.2, 0) is 17.6 Å². The number of rotatable bonds is 4. The van der Waals surface area contributed by atoms with Gasteiger partial charge >= 0.3 is 0 Å². The quantitative estimate of drug-likeness (QED) is 0.658. The molecule has 0 saturated carbocycles. The van der Waals surface area contributed by atoms with E-state index < -0.39 is 0 Å². The molecule has 148 valence electrons.